The summed E-state index contributed by atoms with van der Waals surface area (Å²) < 4.78 is 0. The van der Waals surface area contributed by atoms with Crippen LogP contribution in [0.2, 0.25) is 0 Å². The molecule has 0 aliphatic rings. The normalized spacial score (nSPS) is 12.1. The second-order valence-electron chi connectivity index (χ2n) is 6.77. The third-order valence-corrected chi connectivity index (χ3v) is 4.06. The van der Waals surface area contributed by atoms with E-state index in [9.17, 15) is 0 Å². The number of fused-ring (bicyclic) bond motifs is 1. The Morgan fingerprint density at radius 3 is 2.09 bits per heavy atom. The van der Waals surface area contributed by atoms with E-state index in [0.717, 1.165) is 0 Å². The Hall–Kier alpha value is -2.34. The van der Waals surface area contributed by atoms with Crippen LogP contribution in [0.4, 0.5) is 0 Å². The molecule has 0 N–H and O–H groups in total. The maximum absolute atomic E-state index is 2.24. The molecule has 0 atom stereocenters. The molecule has 0 bridgehead atoms. The van der Waals surface area contributed by atoms with Crippen LogP contribution in [-0.2, 0) is 5.41 Å². The Bertz CT molecular complexity index is 794. The summed E-state index contributed by atoms with van der Waals surface area (Å²) in [5.41, 5.74) is 4.08. The smallest absolute Gasteiger partial charge is 0.0111 e. The molecule has 110 valence electrons. The number of hydrogen-bond acceptors (Lipinski definition) is 0. The Balaban J connectivity index is 1.90. The van der Waals surface area contributed by atoms with Crippen molar-refractivity contribution in [1.82, 2.24) is 0 Å². The third kappa shape index (κ3) is 3.12. The van der Waals surface area contributed by atoms with Gasteiger partial charge in [0.15, 0.2) is 0 Å². The quantitative estimate of drug-likeness (QED) is 0.484. The predicted molar refractivity (Wildman–Crippen MR) is 98.0 cm³/mol. The molecular formula is C22H22. The highest BCUT2D eigenvalue weighted by atomic mass is 14.2. The van der Waals surface area contributed by atoms with Gasteiger partial charge in [-0.05, 0) is 32.9 Å². The molecule has 0 unspecified atom stereocenters. The van der Waals surface area contributed by atoms with Gasteiger partial charge >= 0.3 is 0 Å². The molecule has 0 nitrogen and oxygen atoms in total. The summed E-state index contributed by atoms with van der Waals surface area (Å²) in [7, 11) is 0. The van der Waals surface area contributed by atoms with Crippen LogP contribution in [0.1, 0.15) is 37.5 Å². The van der Waals surface area contributed by atoms with Crippen LogP contribution in [0.25, 0.3) is 22.9 Å². The van der Waals surface area contributed by atoms with Crippen LogP contribution in [0.3, 0.4) is 0 Å². The summed E-state index contributed by atoms with van der Waals surface area (Å²) in [5.74, 6) is 0. The van der Waals surface area contributed by atoms with Crippen LogP contribution in [0.5, 0.6) is 0 Å². The fourth-order valence-corrected chi connectivity index (χ4v) is 2.68. The summed E-state index contributed by atoms with van der Waals surface area (Å²) in [4.78, 5) is 0. The first-order valence-corrected chi connectivity index (χ1v) is 7.80. The van der Waals surface area contributed by atoms with E-state index in [0.29, 0.717) is 0 Å². The first kappa shape index (κ1) is 14.6. The maximum Gasteiger partial charge on any atom is -0.0111 e. The second-order valence-corrected chi connectivity index (χ2v) is 6.77. The average molecular weight is 286 g/mol. The lowest BCUT2D eigenvalue weighted by molar-refractivity contribution is 0.590. The zero-order chi connectivity index (χ0) is 15.6. The van der Waals surface area contributed by atoms with Gasteiger partial charge in [0.25, 0.3) is 0 Å². The standard InChI is InChI=1S/C22H22/c1-22(2,3)20-15-12-17(13-16-20)11-14-19-9-6-8-18-7-4-5-10-21(18)19/h4-16H,1-3H3/b14-11+. The van der Waals surface area contributed by atoms with Crippen molar-refractivity contribution in [3.63, 3.8) is 0 Å². The highest BCUT2D eigenvalue weighted by molar-refractivity contribution is 5.92. The van der Waals surface area contributed by atoms with E-state index in [1.807, 2.05) is 0 Å². The van der Waals surface area contributed by atoms with Gasteiger partial charge < -0.3 is 0 Å². The molecule has 0 fully saturated rings. The summed E-state index contributed by atoms with van der Waals surface area (Å²) in [5, 5.41) is 2.58. The Kier molecular flexibility index (Phi) is 3.85. The molecule has 3 aromatic carbocycles. The molecular weight excluding hydrogens is 264 g/mol. The SMILES string of the molecule is CC(C)(C)c1ccc(/C=C/c2cccc3ccccc23)cc1. The van der Waals surface area contributed by atoms with Gasteiger partial charge in [0, 0.05) is 0 Å². The largest absolute Gasteiger partial charge is 0.0616 e. The Labute approximate surface area is 133 Å². The highest BCUT2D eigenvalue weighted by Crippen LogP contribution is 2.24. The van der Waals surface area contributed by atoms with E-state index >= 15 is 0 Å². The first-order valence-electron chi connectivity index (χ1n) is 7.80. The minimum absolute atomic E-state index is 0.206. The highest BCUT2D eigenvalue weighted by Gasteiger charge is 2.12. The molecule has 0 saturated heterocycles. The average Bonchev–Trinajstić information content (AvgIpc) is 2.52. The van der Waals surface area contributed by atoms with Crippen molar-refractivity contribution in [2.75, 3.05) is 0 Å². The minimum atomic E-state index is 0.206. The van der Waals surface area contributed by atoms with Crippen LogP contribution >= 0.6 is 0 Å². The summed E-state index contributed by atoms with van der Waals surface area (Å²) in [6, 6.07) is 23.8. The third-order valence-electron chi connectivity index (χ3n) is 4.06. The van der Waals surface area contributed by atoms with Gasteiger partial charge in [-0.15, -0.1) is 0 Å². The molecule has 3 aromatic rings. The van der Waals surface area contributed by atoms with Gasteiger partial charge in [0.2, 0.25) is 0 Å². The monoisotopic (exact) mass is 286 g/mol. The molecule has 0 amide bonds. The van der Waals surface area contributed by atoms with Gasteiger partial charge in [-0.25, -0.2) is 0 Å². The van der Waals surface area contributed by atoms with E-state index < -0.39 is 0 Å². The molecule has 0 radical (unpaired) electrons. The Morgan fingerprint density at radius 1 is 0.682 bits per heavy atom. The summed E-state index contributed by atoms with van der Waals surface area (Å²) >= 11 is 0. The molecule has 0 heterocycles. The molecule has 3 rings (SSSR count). The van der Waals surface area contributed by atoms with Crippen molar-refractivity contribution in [2.24, 2.45) is 0 Å². The molecule has 0 spiro atoms. The van der Waals surface area contributed by atoms with Crippen LogP contribution in [-0.4, -0.2) is 0 Å². The number of rotatable bonds is 2. The van der Waals surface area contributed by atoms with Gasteiger partial charge in [0.05, 0.1) is 0 Å². The first-order chi connectivity index (χ1) is 10.5. The molecule has 0 aromatic heterocycles. The van der Waals surface area contributed by atoms with Crippen LogP contribution in [0, 0.1) is 0 Å². The Morgan fingerprint density at radius 2 is 1.36 bits per heavy atom. The van der Waals surface area contributed by atoms with Gasteiger partial charge in [-0.1, -0.05) is 99.7 Å². The summed E-state index contributed by atoms with van der Waals surface area (Å²) in [6.07, 6.45) is 4.39. The molecule has 0 aliphatic carbocycles. The lowest BCUT2D eigenvalue weighted by Crippen LogP contribution is -2.10. The van der Waals surface area contributed by atoms with Crippen molar-refractivity contribution in [1.29, 1.82) is 0 Å². The van der Waals surface area contributed by atoms with Gasteiger partial charge in [-0.3, -0.25) is 0 Å². The van der Waals surface area contributed by atoms with E-state index in [-0.39, 0.29) is 5.41 Å². The maximum atomic E-state index is 2.24. The molecule has 0 saturated carbocycles. The van der Waals surface area contributed by atoms with Crippen molar-refractivity contribution >= 4 is 22.9 Å². The number of hydrogen-bond donors (Lipinski definition) is 0. The van der Waals surface area contributed by atoms with Crippen molar-refractivity contribution in [2.45, 2.75) is 26.2 Å². The van der Waals surface area contributed by atoms with Crippen molar-refractivity contribution in [3.05, 3.63) is 83.4 Å². The number of benzene rings is 3. The predicted octanol–water partition coefficient (Wildman–Crippen LogP) is 6.31. The van der Waals surface area contributed by atoms with Crippen LogP contribution in [0.15, 0.2) is 66.7 Å². The molecule has 0 aliphatic heterocycles. The fourth-order valence-electron chi connectivity index (χ4n) is 2.68. The zero-order valence-electron chi connectivity index (χ0n) is 13.5. The van der Waals surface area contributed by atoms with Crippen LogP contribution < -0.4 is 0 Å². The van der Waals surface area contributed by atoms with E-state index in [4.69, 9.17) is 0 Å². The second kappa shape index (κ2) is 5.81. The molecule has 0 heteroatoms. The van der Waals surface area contributed by atoms with Crippen molar-refractivity contribution in [3.8, 4) is 0 Å². The van der Waals surface area contributed by atoms with Gasteiger partial charge in [-0.2, -0.15) is 0 Å². The lowest BCUT2D eigenvalue weighted by Gasteiger charge is -2.18. The topological polar surface area (TPSA) is 0 Å². The molecule has 22 heavy (non-hydrogen) atoms. The minimum Gasteiger partial charge on any atom is -0.0616 e. The van der Waals surface area contributed by atoms with Gasteiger partial charge in [0.1, 0.15) is 0 Å². The fraction of sp³-hybridized carbons (Fsp3) is 0.182. The van der Waals surface area contributed by atoms with Crippen molar-refractivity contribution < 1.29 is 0 Å². The van der Waals surface area contributed by atoms with E-state index in [1.54, 1.807) is 0 Å². The van der Waals surface area contributed by atoms with E-state index in [1.165, 1.54) is 27.5 Å². The lowest BCUT2D eigenvalue weighted by atomic mass is 9.87. The zero-order valence-corrected chi connectivity index (χ0v) is 13.5. The summed E-state index contributed by atoms with van der Waals surface area (Å²) in [6.45, 7) is 6.73. The van der Waals surface area contributed by atoms with E-state index in [2.05, 4.69) is 99.7 Å².